The van der Waals surface area contributed by atoms with Gasteiger partial charge in [0.15, 0.2) is 11.6 Å². The fourth-order valence-electron chi connectivity index (χ4n) is 1.70. The second kappa shape index (κ2) is 5.70. The van der Waals surface area contributed by atoms with E-state index in [-0.39, 0.29) is 5.95 Å². The molecule has 20 heavy (non-hydrogen) atoms. The molecule has 0 aliphatic carbocycles. The molecule has 1 atom stereocenters. The van der Waals surface area contributed by atoms with Crippen LogP contribution in [0.2, 0.25) is 0 Å². The predicted molar refractivity (Wildman–Crippen MR) is 78.8 cm³/mol. The van der Waals surface area contributed by atoms with E-state index in [4.69, 9.17) is 5.73 Å². The van der Waals surface area contributed by atoms with Crippen LogP contribution in [0.15, 0.2) is 0 Å². The zero-order chi connectivity index (χ0) is 14.7. The van der Waals surface area contributed by atoms with Crippen molar-refractivity contribution in [2.24, 2.45) is 0 Å². The Balaban J connectivity index is 2.56. The van der Waals surface area contributed by atoms with E-state index in [2.05, 4.69) is 35.9 Å². The molecule has 0 unspecified atom stereocenters. The molecule has 0 amide bonds. The Morgan fingerprint density at radius 2 is 1.65 bits per heavy atom. The van der Waals surface area contributed by atoms with Crippen LogP contribution in [0.25, 0.3) is 11.0 Å². The summed E-state index contributed by atoms with van der Waals surface area (Å²) in [6.07, 6.45) is -0.501. The second-order valence-corrected chi connectivity index (χ2v) is 4.25. The van der Waals surface area contributed by atoms with Crippen LogP contribution >= 0.6 is 0 Å². The summed E-state index contributed by atoms with van der Waals surface area (Å²) in [6.45, 7) is 2.02. The van der Waals surface area contributed by atoms with Gasteiger partial charge in [-0.15, -0.1) is 0 Å². The fraction of sp³-hybridized carbons (Fsp3) is 0.455. The number of aliphatic hydroxyl groups is 1. The van der Waals surface area contributed by atoms with Gasteiger partial charge in [-0.05, 0) is 6.92 Å². The molecule has 0 saturated heterocycles. The minimum absolute atomic E-state index is 0.145. The summed E-state index contributed by atoms with van der Waals surface area (Å²) in [5.74, 6) is 1.58. The summed E-state index contributed by atoms with van der Waals surface area (Å²) >= 11 is 0. The molecule has 0 aromatic carbocycles. The normalized spacial score (nSPS) is 12.2. The van der Waals surface area contributed by atoms with Crippen molar-refractivity contribution in [3.05, 3.63) is 0 Å². The predicted octanol–water partition coefficient (Wildman–Crippen LogP) is -0.122. The van der Waals surface area contributed by atoms with Gasteiger partial charge in [0, 0.05) is 20.6 Å². The number of hydrogen-bond donors (Lipinski definition) is 5. The number of aliphatic hydroxyl groups excluding tert-OH is 1. The molecule has 2 aromatic rings. The van der Waals surface area contributed by atoms with Gasteiger partial charge in [-0.25, -0.2) is 9.97 Å². The maximum atomic E-state index is 9.30. The van der Waals surface area contributed by atoms with Gasteiger partial charge >= 0.3 is 0 Å². The van der Waals surface area contributed by atoms with Crippen molar-refractivity contribution in [3.8, 4) is 0 Å². The van der Waals surface area contributed by atoms with Crippen molar-refractivity contribution < 1.29 is 5.11 Å². The molecule has 9 heteroatoms. The number of nitrogens with two attached hydrogens (primary N) is 1. The Labute approximate surface area is 116 Å². The molecule has 0 spiro atoms. The first kappa shape index (κ1) is 14.0. The lowest BCUT2D eigenvalue weighted by Crippen LogP contribution is -2.17. The minimum Gasteiger partial charge on any atom is -0.392 e. The van der Waals surface area contributed by atoms with E-state index in [1.807, 2.05) is 0 Å². The van der Waals surface area contributed by atoms with Gasteiger partial charge in [0.1, 0.15) is 11.0 Å². The quantitative estimate of drug-likeness (QED) is 0.507. The van der Waals surface area contributed by atoms with Crippen molar-refractivity contribution in [1.82, 2.24) is 19.9 Å². The number of nitrogen functional groups attached to an aromatic ring is 1. The van der Waals surface area contributed by atoms with Crippen molar-refractivity contribution in [2.45, 2.75) is 13.0 Å². The number of aromatic nitrogens is 4. The average Bonchev–Trinajstić information content (AvgIpc) is 2.43. The summed E-state index contributed by atoms with van der Waals surface area (Å²) in [5, 5.41) is 18.1. The fourth-order valence-corrected chi connectivity index (χ4v) is 1.70. The van der Waals surface area contributed by atoms with Gasteiger partial charge in [0.25, 0.3) is 0 Å². The zero-order valence-electron chi connectivity index (χ0n) is 11.6. The van der Waals surface area contributed by atoms with E-state index in [1.54, 1.807) is 21.0 Å². The van der Waals surface area contributed by atoms with E-state index in [0.717, 1.165) is 0 Å². The van der Waals surface area contributed by atoms with Gasteiger partial charge in [-0.1, -0.05) is 0 Å². The van der Waals surface area contributed by atoms with E-state index in [0.29, 0.717) is 35.2 Å². The summed E-state index contributed by atoms with van der Waals surface area (Å²) in [6, 6.07) is 0. The Morgan fingerprint density at radius 1 is 1.05 bits per heavy atom. The van der Waals surface area contributed by atoms with E-state index >= 15 is 0 Å². The molecule has 0 bridgehead atoms. The first-order chi connectivity index (χ1) is 9.55. The summed E-state index contributed by atoms with van der Waals surface area (Å²) in [4.78, 5) is 16.9. The van der Waals surface area contributed by atoms with Crippen molar-refractivity contribution in [1.29, 1.82) is 0 Å². The molecular weight excluding hydrogens is 260 g/mol. The molecule has 9 nitrogen and oxygen atoms in total. The number of hydrogen-bond acceptors (Lipinski definition) is 9. The standard InChI is InChI=1S/C11H18N8O/c1-5(20)4-15-11-17-7-6(9(14-3)19-11)16-10(12)18-8(7)13-2/h5,20H,4H2,1-3H3,(H3,12,13,16,18)(H2,14,15,17,19)/t5-/m1/s1. The molecule has 0 saturated carbocycles. The number of fused-ring (bicyclic) bond motifs is 1. The van der Waals surface area contributed by atoms with Crippen LogP contribution in [0.3, 0.4) is 0 Å². The van der Waals surface area contributed by atoms with Crippen LogP contribution < -0.4 is 21.7 Å². The number of rotatable bonds is 5. The Bertz CT molecular complexity index is 615. The van der Waals surface area contributed by atoms with Crippen molar-refractivity contribution in [3.63, 3.8) is 0 Å². The maximum absolute atomic E-state index is 9.30. The second-order valence-electron chi connectivity index (χ2n) is 4.25. The molecular formula is C11H18N8O. The van der Waals surface area contributed by atoms with Gasteiger partial charge in [-0.2, -0.15) is 9.97 Å². The van der Waals surface area contributed by atoms with E-state index in [9.17, 15) is 5.11 Å². The molecule has 2 aromatic heterocycles. The summed E-state index contributed by atoms with van der Waals surface area (Å²) in [5.41, 5.74) is 6.75. The van der Waals surface area contributed by atoms with Gasteiger partial charge in [-0.3, -0.25) is 0 Å². The molecule has 0 aliphatic rings. The van der Waals surface area contributed by atoms with Crippen LogP contribution in [0.1, 0.15) is 6.92 Å². The third kappa shape index (κ3) is 2.77. The highest BCUT2D eigenvalue weighted by Crippen LogP contribution is 2.25. The maximum Gasteiger partial charge on any atom is 0.225 e. The SMILES string of the molecule is CNc1nc(NC[C@@H](C)O)nc2c(NC)nc(N)nc12. The number of anilines is 4. The molecule has 108 valence electrons. The minimum atomic E-state index is -0.501. The summed E-state index contributed by atoms with van der Waals surface area (Å²) in [7, 11) is 3.46. The monoisotopic (exact) mass is 278 g/mol. The zero-order valence-corrected chi connectivity index (χ0v) is 11.6. The summed E-state index contributed by atoms with van der Waals surface area (Å²) < 4.78 is 0. The lowest BCUT2D eigenvalue weighted by atomic mass is 10.3. The lowest BCUT2D eigenvalue weighted by molar-refractivity contribution is 0.208. The molecule has 2 rings (SSSR count). The topological polar surface area (TPSA) is 134 Å². The average molecular weight is 278 g/mol. The Morgan fingerprint density at radius 3 is 2.25 bits per heavy atom. The van der Waals surface area contributed by atoms with Crippen LogP contribution in [0.5, 0.6) is 0 Å². The Hall–Kier alpha value is -2.42. The Kier molecular flexibility index (Phi) is 3.99. The van der Waals surface area contributed by atoms with Crippen molar-refractivity contribution in [2.75, 3.05) is 42.3 Å². The van der Waals surface area contributed by atoms with Gasteiger partial charge < -0.3 is 26.8 Å². The van der Waals surface area contributed by atoms with Crippen LogP contribution in [-0.4, -0.2) is 51.8 Å². The van der Waals surface area contributed by atoms with Crippen molar-refractivity contribution >= 4 is 34.6 Å². The van der Waals surface area contributed by atoms with Crippen LogP contribution in [-0.2, 0) is 0 Å². The lowest BCUT2D eigenvalue weighted by Gasteiger charge is -2.12. The highest BCUT2D eigenvalue weighted by Gasteiger charge is 2.13. The smallest absolute Gasteiger partial charge is 0.225 e. The number of nitrogens with zero attached hydrogens (tertiary/aromatic N) is 4. The first-order valence-corrected chi connectivity index (χ1v) is 6.17. The molecule has 0 radical (unpaired) electrons. The third-order valence-corrected chi connectivity index (χ3v) is 2.59. The first-order valence-electron chi connectivity index (χ1n) is 6.17. The van der Waals surface area contributed by atoms with Gasteiger partial charge in [0.05, 0.1) is 6.10 Å². The van der Waals surface area contributed by atoms with Gasteiger partial charge in [0.2, 0.25) is 11.9 Å². The molecule has 6 N–H and O–H groups in total. The van der Waals surface area contributed by atoms with E-state index < -0.39 is 6.10 Å². The highest BCUT2D eigenvalue weighted by molar-refractivity contribution is 5.94. The van der Waals surface area contributed by atoms with E-state index in [1.165, 1.54) is 0 Å². The van der Waals surface area contributed by atoms with Crippen LogP contribution in [0.4, 0.5) is 23.5 Å². The highest BCUT2D eigenvalue weighted by atomic mass is 16.3. The molecule has 0 fully saturated rings. The largest absolute Gasteiger partial charge is 0.392 e. The molecule has 0 aliphatic heterocycles. The van der Waals surface area contributed by atoms with Crippen LogP contribution in [0, 0.1) is 0 Å². The third-order valence-electron chi connectivity index (χ3n) is 2.59. The molecule has 2 heterocycles. The number of nitrogens with one attached hydrogen (secondary N) is 3.